The first-order valence-corrected chi connectivity index (χ1v) is 11.3. The largest absolute Gasteiger partial charge is 0.494 e. The quantitative estimate of drug-likeness (QED) is 0.547. The summed E-state index contributed by atoms with van der Waals surface area (Å²) in [5, 5.41) is 6.01. The number of amides is 3. The molecule has 0 fully saturated rings. The molecule has 0 saturated heterocycles. The lowest BCUT2D eigenvalue weighted by Crippen LogP contribution is -2.39. The standard InChI is InChI=1S/C23H24N4O5S/c1-13-6-7-17-16(9-13)27(21(30)12-32-17)8-4-5-20(29)25-15-10-18(31-3)22-19(11-15)33-23(26-22)24-14(2)28/h6-7,9-11H,4-5,8,12H2,1-3H3,(H,25,29)(H,24,26,28). The van der Waals surface area contributed by atoms with Crippen molar-refractivity contribution in [3.8, 4) is 11.5 Å². The molecule has 1 aliphatic rings. The van der Waals surface area contributed by atoms with Gasteiger partial charge in [0.25, 0.3) is 5.91 Å². The lowest BCUT2D eigenvalue weighted by molar-refractivity contribution is -0.121. The Morgan fingerprint density at radius 1 is 1.24 bits per heavy atom. The van der Waals surface area contributed by atoms with Gasteiger partial charge in [0.1, 0.15) is 17.0 Å². The van der Waals surface area contributed by atoms with Gasteiger partial charge >= 0.3 is 0 Å². The van der Waals surface area contributed by atoms with Crippen LogP contribution in [-0.2, 0) is 14.4 Å². The monoisotopic (exact) mass is 468 g/mol. The first-order chi connectivity index (χ1) is 15.8. The highest BCUT2D eigenvalue weighted by molar-refractivity contribution is 7.22. The molecule has 0 bridgehead atoms. The van der Waals surface area contributed by atoms with Crippen LogP contribution in [-0.4, -0.2) is 43.0 Å². The van der Waals surface area contributed by atoms with Crippen molar-refractivity contribution in [2.75, 3.05) is 35.8 Å². The van der Waals surface area contributed by atoms with Crippen LogP contribution in [0, 0.1) is 6.92 Å². The van der Waals surface area contributed by atoms with Crippen LogP contribution >= 0.6 is 11.3 Å². The number of methoxy groups -OCH3 is 1. The van der Waals surface area contributed by atoms with Gasteiger partial charge < -0.3 is 25.0 Å². The van der Waals surface area contributed by atoms with Crippen LogP contribution in [0.3, 0.4) is 0 Å². The van der Waals surface area contributed by atoms with Gasteiger partial charge in [-0.3, -0.25) is 14.4 Å². The molecule has 3 amide bonds. The smallest absolute Gasteiger partial charge is 0.265 e. The summed E-state index contributed by atoms with van der Waals surface area (Å²) < 4.78 is 11.7. The van der Waals surface area contributed by atoms with Crippen molar-refractivity contribution in [3.63, 3.8) is 0 Å². The number of fused-ring (bicyclic) bond motifs is 2. The molecule has 0 spiro atoms. The average Bonchev–Trinajstić information content (AvgIpc) is 3.16. The minimum absolute atomic E-state index is 0.00259. The molecule has 3 aromatic rings. The van der Waals surface area contributed by atoms with Crippen LogP contribution in [0.25, 0.3) is 10.2 Å². The van der Waals surface area contributed by atoms with Crippen LogP contribution < -0.4 is 25.0 Å². The van der Waals surface area contributed by atoms with Crippen molar-refractivity contribution < 1.29 is 23.9 Å². The molecule has 2 N–H and O–H groups in total. The number of nitrogens with zero attached hydrogens (tertiary/aromatic N) is 2. The van der Waals surface area contributed by atoms with Crippen LogP contribution in [0.4, 0.5) is 16.5 Å². The van der Waals surface area contributed by atoms with E-state index in [4.69, 9.17) is 9.47 Å². The van der Waals surface area contributed by atoms with E-state index in [1.54, 1.807) is 17.0 Å². The lowest BCUT2D eigenvalue weighted by atomic mass is 10.1. The predicted octanol–water partition coefficient (Wildman–Crippen LogP) is 3.72. The molecule has 2 aromatic carbocycles. The second-order valence-electron chi connectivity index (χ2n) is 7.68. The highest BCUT2D eigenvalue weighted by Crippen LogP contribution is 2.36. The first-order valence-electron chi connectivity index (χ1n) is 10.4. The zero-order valence-corrected chi connectivity index (χ0v) is 19.4. The summed E-state index contributed by atoms with van der Waals surface area (Å²) in [6, 6.07) is 9.20. The number of nitrogens with one attached hydrogen (secondary N) is 2. The first kappa shape index (κ1) is 22.5. The molecular weight excluding hydrogens is 444 g/mol. The van der Waals surface area contributed by atoms with Crippen molar-refractivity contribution in [3.05, 3.63) is 35.9 Å². The third-order valence-corrected chi connectivity index (χ3v) is 6.01. The number of carbonyl (C=O) groups excluding carboxylic acids is 3. The lowest BCUT2D eigenvalue weighted by Gasteiger charge is -2.29. The highest BCUT2D eigenvalue weighted by Gasteiger charge is 2.25. The number of thiazole rings is 1. The molecule has 0 atom stereocenters. The zero-order valence-electron chi connectivity index (χ0n) is 18.6. The van der Waals surface area contributed by atoms with Crippen molar-refractivity contribution in [2.24, 2.45) is 0 Å². The van der Waals surface area contributed by atoms with E-state index in [0.29, 0.717) is 40.8 Å². The molecule has 33 heavy (non-hydrogen) atoms. The number of anilines is 3. The van der Waals surface area contributed by atoms with E-state index in [-0.39, 0.29) is 30.7 Å². The Balaban J connectivity index is 1.41. The molecule has 0 radical (unpaired) electrons. The second kappa shape index (κ2) is 9.45. The molecule has 10 heteroatoms. The van der Waals surface area contributed by atoms with E-state index in [2.05, 4.69) is 15.6 Å². The molecule has 9 nitrogen and oxygen atoms in total. The number of aryl methyl sites for hydroxylation is 1. The second-order valence-corrected chi connectivity index (χ2v) is 8.71. The van der Waals surface area contributed by atoms with Gasteiger partial charge in [0.05, 0.1) is 17.5 Å². The predicted molar refractivity (Wildman–Crippen MR) is 127 cm³/mol. The summed E-state index contributed by atoms with van der Waals surface area (Å²) in [4.78, 5) is 42.3. The number of hydrogen-bond donors (Lipinski definition) is 2. The summed E-state index contributed by atoms with van der Waals surface area (Å²) in [7, 11) is 1.52. The minimum atomic E-state index is -0.210. The third kappa shape index (κ3) is 5.06. The molecule has 1 aliphatic heterocycles. The summed E-state index contributed by atoms with van der Waals surface area (Å²) >= 11 is 1.30. The van der Waals surface area contributed by atoms with Crippen molar-refractivity contribution in [1.29, 1.82) is 0 Å². The Morgan fingerprint density at radius 3 is 2.82 bits per heavy atom. The van der Waals surface area contributed by atoms with Gasteiger partial charge in [-0.1, -0.05) is 17.4 Å². The fraction of sp³-hybridized carbons (Fsp3) is 0.304. The maximum absolute atomic E-state index is 12.6. The Hall–Kier alpha value is -3.66. The van der Waals surface area contributed by atoms with Crippen LogP contribution in [0.2, 0.25) is 0 Å². The fourth-order valence-corrected chi connectivity index (χ4v) is 4.58. The van der Waals surface area contributed by atoms with Gasteiger partial charge in [-0.05, 0) is 37.1 Å². The van der Waals surface area contributed by atoms with E-state index in [9.17, 15) is 14.4 Å². The van der Waals surface area contributed by atoms with Gasteiger partial charge in [-0.2, -0.15) is 0 Å². The van der Waals surface area contributed by atoms with E-state index >= 15 is 0 Å². The summed E-state index contributed by atoms with van der Waals surface area (Å²) in [6.07, 6.45) is 0.740. The van der Waals surface area contributed by atoms with Gasteiger partial charge in [-0.25, -0.2) is 4.98 Å². The molecule has 172 valence electrons. The molecule has 0 unspecified atom stereocenters. The normalized spacial score (nSPS) is 12.8. The molecule has 1 aromatic heterocycles. The van der Waals surface area contributed by atoms with Crippen LogP contribution in [0.1, 0.15) is 25.3 Å². The number of ether oxygens (including phenoxy) is 2. The fourth-order valence-electron chi connectivity index (χ4n) is 3.61. The molecular formula is C23H24N4O5S. The summed E-state index contributed by atoms with van der Waals surface area (Å²) in [5.41, 5.74) is 2.96. The SMILES string of the molecule is COc1cc(NC(=O)CCCN2C(=O)COc3ccc(C)cc32)cc2sc(NC(C)=O)nc12. The Labute approximate surface area is 194 Å². The zero-order chi connectivity index (χ0) is 23.5. The van der Waals surface area contributed by atoms with Crippen molar-refractivity contribution in [1.82, 2.24) is 4.98 Å². The Bertz CT molecular complexity index is 1240. The van der Waals surface area contributed by atoms with Gasteiger partial charge in [-0.15, -0.1) is 0 Å². The Morgan fingerprint density at radius 2 is 2.06 bits per heavy atom. The average molecular weight is 469 g/mol. The van der Waals surface area contributed by atoms with Gasteiger partial charge in [0.15, 0.2) is 11.7 Å². The van der Waals surface area contributed by atoms with Crippen molar-refractivity contribution >= 4 is 55.8 Å². The third-order valence-electron chi connectivity index (χ3n) is 5.09. The highest BCUT2D eigenvalue weighted by atomic mass is 32.1. The number of benzene rings is 2. The number of rotatable bonds is 7. The summed E-state index contributed by atoms with van der Waals surface area (Å²) in [5.74, 6) is 0.671. The van der Waals surface area contributed by atoms with Gasteiger partial charge in [0.2, 0.25) is 11.8 Å². The maximum atomic E-state index is 12.6. The van der Waals surface area contributed by atoms with E-state index < -0.39 is 0 Å². The van der Waals surface area contributed by atoms with Crippen molar-refractivity contribution in [2.45, 2.75) is 26.7 Å². The minimum Gasteiger partial charge on any atom is -0.494 e. The molecule has 2 heterocycles. The van der Waals surface area contributed by atoms with E-state index in [0.717, 1.165) is 16.0 Å². The topological polar surface area (TPSA) is 110 Å². The van der Waals surface area contributed by atoms with E-state index in [1.807, 2.05) is 25.1 Å². The van der Waals surface area contributed by atoms with Gasteiger partial charge in [0, 0.05) is 31.6 Å². The van der Waals surface area contributed by atoms with Crippen LogP contribution in [0.5, 0.6) is 11.5 Å². The number of carbonyl (C=O) groups is 3. The van der Waals surface area contributed by atoms with E-state index in [1.165, 1.54) is 25.4 Å². The molecule has 0 aliphatic carbocycles. The number of hydrogen-bond acceptors (Lipinski definition) is 7. The maximum Gasteiger partial charge on any atom is 0.265 e. The molecule has 4 rings (SSSR count). The number of aromatic nitrogens is 1. The Kier molecular flexibility index (Phi) is 6.45. The summed E-state index contributed by atoms with van der Waals surface area (Å²) in [6.45, 7) is 3.79. The van der Waals surface area contributed by atoms with Crippen LogP contribution in [0.15, 0.2) is 30.3 Å². The molecule has 0 saturated carbocycles.